The fourth-order valence-corrected chi connectivity index (χ4v) is 1.76. The van der Waals surface area contributed by atoms with Crippen LogP contribution >= 0.6 is 0 Å². The van der Waals surface area contributed by atoms with E-state index in [1.54, 1.807) is 0 Å². The van der Waals surface area contributed by atoms with Gasteiger partial charge >= 0.3 is 0 Å². The zero-order valence-corrected chi connectivity index (χ0v) is 18.6. The molecule has 0 bridgehead atoms. The predicted molar refractivity (Wildman–Crippen MR) is 112 cm³/mol. The number of hydrogen-bond acceptors (Lipinski definition) is 8. The first kappa shape index (κ1) is 30.9. The molecular weight excluding hydrogens is 350 g/mol. The number of carboxylic acid groups (broad SMARTS) is 1. The van der Waals surface area contributed by atoms with Crippen LogP contribution in [0.2, 0.25) is 0 Å². The van der Waals surface area contributed by atoms with E-state index in [0.717, 1.165) is 52.4 Å². The van der Waals surface area contributed by atoms with Crippen molar-refractivity contribution in [1.82, 2.24) is 24.5 Å². The molecule has 0 rings (SSSR count). The third kappa shape index (κ3) is 33.2. The normalized spacial score (nSPS) is 10.9. The van der Waals surface area contributed by atoms with Crippen molar-refractivity contribution in [3.8, 4) is 0 Å². The van der Waals surface area contributed by atoms with E-state index in [1.165, 1.54) is 0 Å². The molecule has 0 aromatic carbocycles. The van der Waals surface area contributed by atoms with Crippen molar-refractivity contribution >= 4 is 6.47 Å². The first-order valence-electron chi connectivity index (χ1n) is 9.29. The van der Waals surface area contributed by atoms with Crippen LogP contribution < -0.4 is 0 Å². The molecule has 0 aromatic heterocycles. The van der Waals surface area contributed by atoms with Crippen molar-refractivity contribution in [3.63, 3.8) is 0 Å². The molecule has 0 spiro atoms. The molecular formula is C18H45N5O4. The SMILES string of the molecule is CN(C)CCN(C)CCN(C)CCN(C)CCN(C)C.O=CO.OCCO. The summed E-state index contributed by atoms with van der Waals surface area (Å²) in [5.41, 5.74) is 0. The van der Waals surface area contributed by atoms with Gasteiger partial charge in [-0.05, 0) is 49.3 Å². The number of nitrogens with zero attached hydrogens (tertiary/aromatic N) is 5. The van der Waals surface area contributed by atoms with E-state index >= 15 is 0 Å². The predicted octanol–water partition coefficient (Wildman–Crippen LogP) is -1.42. The molecule has 27 heavy (non-hydrogen) atoms. The summed E-state index contributed by atoms with van der Waals surface area (Å²) in [5.74, 6) is 0. The van der Waals surface area contributed by atoms with Gasteiger partial charge in [0.15, 0.2) is 0 Å². The van der Waals surface area contributed by atoms with Crippen LogP contribution in [0.5, 0.6) is 0 Å². The van der Waals surface area contributed by atoms with E-state index in [4.69, 9.17) is 20.1 Å². The molecule has 9 heteroatoms. The maximum Gasteiger partial charge on any atom is 0.290 e. The van der Waals surface area contributed by atoms with Crippen LogP contribution in [-0.2, 0) is 4.79 Å². The smallest absolute Gasteiger partial charge is 0.290 e. The summed E-state index contributed by atoms with van der Waals surface area (Å²) in [5, 5.41) is 22.1. The van der Waals surface area contributed by atoms with Gasteiger partial charge in [-0.15, -0.1) is 0 Å². The standard InChI is InChI=1S/C15H37N5.C2H6O2.CH2O2/c1-16(2)8-10-18(5)12-14-20(7)15-13-19(6)11-9-17(3)4;3-1-2-4;2-1-3/h8-15H2,1-7H3;3-4H,1-2H2;1H,(H,2,3). The lowest BCUT2D eigenvalue weighted by Crippen LogP contribution is -2.38. The minimum Gasteiger partial charge on any atom is -0.483 e. The van der Waals surface area contributed by atoms with Gasteiger partial charge in [-0.1, -0.05) is 0 Å². The third-order valence-electron chi connectivity index (χ3n) is 3.68. The van der Waals surface area contributed by atoms with Crippen LogP contribution in [-0.4, -0.2) is 161 Å². The van der Waals surface area contributed by atoms with E-state index < -0.39 is 0 Å². The van der Waals surface area contributed by atoms with Gasteiger partial charge in [-0.25, -0.2) is 0 Å². The van der Waals surface area contributed by atoms with Gasteiger partial charge in [0.25, 0.3) is 6.47 Å². The number of likely N-dealkylation sites (N-methyl/N-ethyl adjacent to an activating group) is 5. The molecule has 0 aliphatic carbocycles. The molecule has 0 unspecified atom stereocenters. The van der Waals surface area contributed by atoms with Gasteiger partial charge in [-0.2, -0.15) is 0 Å². The Labute approximate surface area is 166 Å². The van der Waals surface area contributed by atoms with E-state index in [-0.39, 0.29) is 19.7 Å². The van der Waals surface area contributed by atoms with Crippen molar-refractivity contribution in [1.29, 1.82) is 0 Å². The summed E-state index contributed by atoms with van der Waals surface area (Å²) in [6.07, 6.45) is 0. The second kappa shape index (κ2) is 23.2. The van der Waals surface area contributed by atoms with Crippen LogP contribution in [0.3, 0.4) is 0 Å². The first-order valence-corrected chi connectivity index (χ1v) is 9.29. The lowest BCUT2D eigenvalue weighted by molar-refractivity contribution is -0.122. The first-order chi connectivity index (χ1) is 12.6. The van der Waals surface area contributed by atoms with Crippen molar-refractivity contribution in [3.05, 3.63) is 0 Å². The number of aliphatic hydroxyl groups excluding tert-OH is 2. The van der Waals surface area contributed by atoms with E-state index in [1.807, 2.05) is 0 Å². The van der Waals surface area contributed by atoms with Crippen LogP contribution in [0.15, 0.2) is 0 Å². The van der Waals surface area contributed by atoms with Gasteiger partial charge in [0, 0.05) is 52.4 Å². The topological polar surface area (TPSA) is 94.0 Å². The molecule has 0 aliphatic rings. The molecule has 0 saturated heterocycles. The van der Waals surface area contributed by atoms with Crippen molar-refractivity contribution in [2.75, 3.05) is 115 Å². The highest BCUT2D eigenvalue weighted by atomic mass is 16.3. The molecule has 0 radical (unpaired) electrons. The Morgan fingerprint density at radius 2 is 0.741 bits per heavy atom. The van der Waals surface area contributed by atoms with Crippen LogP contribution in [0, 0.1) is 0 Å². The Morgan fingerprint density at radius 3 is 0.889 bits per heavy atom. The van der Waals surface area contributed by atoms with E-state index in [9.17, 15) is 0 Å². The number of carbonyl (C=O) groups is 1. The summed E-state index contributed by atoms with van der Waals surface area (Å²) < 4.78 is 0. The zero-order chi connectivity index (χ0) is 21.7. The van der Waals surface area contributed by atoms with Gasteiger partial charge < -0.3 is 39.8 Å². The summed E-state index contributed by atoms with van der Waals surface area (Å²) >= 11 is 0. The molecule has 0 heterocycles. The Kier molecular flexibility index (Phi) is 26.6. The molecule has 0 amide bonds. The van der Waals surface area contributed by atoms with E-state index in [0.29, 0.717) is 0 Å². The van der Waals surface area contributed by atoms with Crippen LogP contribution in [0.1, 0.15) is 0 Å². The Hall–Kier alpha value is -0.810. The molecule has 0 aliphatic heterocycles. The Balaban J connectivity index is -0.000000703. The monoisotopic (exact) mass is 395 g/mol. The molecule has 0 saturated carbocycles. The molecule has 9 nitrogen and oxygen atoms in total. The number of rotatable bonds is 13. The second-order valence-electron chi connectivity index (χ2n) is 7.07. The third-order valence-corrected chi connectivity index (χ3v) is 3.68. The minimum absolute atomic E-state index is 0.125. The number of hydrogen-bond donors (Lipinski definition) is 3. The summed E-state index contributed by atoms with van der Waals surface area (Å²) in [4.78, 5) is 20.1. The van der Waals surface area contributed by atoms with Gasteiger partial charge in [0.2, 0.25) is 0 Å². The molecule has 3 N–H and O–H groups in total. The molecule has 0 aromatic rings. The van der Waals surface area contributed by atoms with Crippen molar-refractivity contribution in [2.24, 2.45) is 0 Å². The molecule has 166 valence electrons. The largest absolute Gasteiger partial charge is 0.483 e. The molecule has 0 fully saturated rings. The average molecular weight is 396 g/mol. The highest BCUT2D eigenvalue weighted by molar-refractivity contribution is 5.32. The van der Waals surface area contributed by atoms with Crippen LogP contribution in [0.4, 0.5) is 0 Å². The fraction of sp³-hybridized carbons (Fsp3) is 0.944. The maximum absolute atomic E-state index is 8.36. The van der Waals surface area contributed by atoms with Crippen molar-refractivity contribution in [2.45, 2.75) is 0 Å². The second-order valence-corrected chi connectivity index (χ2v) is 7.07. The highest BCUT2D eigenvalue weighted by Gasteiger charge is 2.05. The quantitative estimate of drug-likeness (QED) is 0.325. The minimum atomic E-state index is -0.250. The number of aliphatic hydroxyl groups is 2. The lowest BCUT2D eigenvalue weighted by atomic mass is 10.4. The van der Waals surface area contributed by atoms with Gasteiger partial charge in [0.05, 0.1) is 13.2 Å². The summed E-state index contributed by atoms with van der Waals surface area (Å²) in [6, 6.07) is 0. The maximum atomic E-state index is 8.36. The van der Waals surface area contributed by atoms with Gasteiger partial charge in [-0.3, -0.25) is 4.79 Å². The Bertz CT molecular complexity index is 273. The average Bonchev–Trinajstić information content (AvgIpc) is 2.61. The van der Waals surface area contributed by atoms with Crippen molar-refractivity contribution < 1.29 is 20.1 Å². The summed E-state index contributed by atoms with van der Waals surface area (Å²) in [7, 11) is 15.2. The lowest BCUT2D eigenvalue weighted by Gasteiger charge is -2.25. The summed E-state index contributed by atoms with van der Waals surface area (Å²) in [6.45, 7) is 8.63. The highest BCUT2D eigenvalue weighted by Crippen LogP contribution is 1.90. The zero-order valence-electron chi connectivity index (χ0n) is 18.6. The Morgan fingerprint density at radius 1 is 0.556 bits per heavy atom. The van der Waals surface area contributed by atoms with Crippen LogP contribution in [0.25, 0.3) is 0 Å². The van der Waals surface area contributed by atoms with Gasteiger partial charge in [0.1, 0.15) is 0 Å². The van der Waals surface area contributed by atoms with E-state index in [2.05, 4.69) is 73.8 Å². The molecule has 0 atom stereocenters. The fourth-order valence-electron chi connectivity index (χ4n) is 1.76.